The summed E-state index contributed by atoms with van der Waals surface area (Å²) < 4.78 is 5.87. The van der Waals surface area contributed by atoms with Gasteiger partial charge in [0.05, 0.1) is 18.2 Å². The summed E-state index contributed by atoms with van der Waals surface area (Å²) in [6, 6.07) is 19.7. The quantitative estimate of drug-likeness (QED) is 0.178. The van der Waals surface area contributed by atoms with Gasteiger partial charge in [0.15, 0.2) is 4.98 Å². The van der Waals surface area contributed by atoms with Gasteiger partial charge in [0.1, 0.15) is 18.4 Å². The maximum atomic E-state index is 13.7. The van der Waals surface area contributed by atoms with Gasteiger partial charge in [-0.05, 0) is 41.0 Å². The van der Waals surface area contributed by atoms with Gasteiger partial charge in [0.2, 0.25) is 11.2 Å². The first-order valence-electron chi connectivity index (χ1n) is 13.6. The van der Waals surface area contributed by atoms with Crippen LogP contribution in [0.15, 0.2) is 89.9 Å². The fraction of sp³-hybridized carbons (Fsp3) is 0.290. The Hall–Kier alpha value is -5.44. The molecule has 0 aromatic heterocycles. The number of nitrogens with zero attached hydrogens (tertiary/aromatic N) is 3. The monoisotopic (exact) mass is 586 g/mol. The standard InChI is InChI=1S/C31H31N5O7/c1-19(2)28(35-29(40)22-13-12-20-8-6-7-9-21(20)14-22)25-16-31(43-36-25,18-42-23-10-4-3-5-11-23)30(41)34-24(15-27(38)39)26(37)17-33-32/h3-14,17,19,24,28H,15-16,18H2,1-2H3,(H3-,34,35,37,38,39,40,41)/p+1/b26-17-/t24-,28-,31?/m0/s1. The Morgan fingerprint density at radius 1 is 1.05 bits per heavy atom. The molecule has 1 unspecified atom stereocenters. The number of rotatable bonds is 12. The number of aliphatic hydroxyl groups excluding tert-OH is 1. The van der Waals surface area contributed by atoms with Gasteiger partial charge in [0.25, 0.3) is 17.4 Å². The van der Waals surface area contributed by atoms with Crippen LogP contribution in [0.2, 0.25) is 0 Å². The zero-order valence-corrected chi connectivity index (χ0v) is 23.6. The summed E-state index contributed by atoms with van der Waals surface area (Å²) in [5, 5.41) is 39.9. The molecule has 12 nitrogen and oxygen atoms in total. The van der Waals surface area contributed by atoms with Gasteiger partial charge in [-0.1, -0.05) is 67.5 Å². The van der Waals surface area contributed by atoms with E-state index in [1.54, 1.807) is 42.5 Å². The van der Waals surface area contributed by atoms with Gasteiger partial charge in [-0.3, -0.25) is 14.4 Å². The number of benzene rings is 3. The second kappa shape index (κ2) is 13.5. The van der Waals surface area contributed by atoms with Crippen LogP contribution in [0.4, 0.5) is 0 Å². The van der Waals surface area contributed by atoms with Crippen molar-refractivity contribution in [2.24, 2.45) is 11.1 Å². The molecule has 0 spiro atoms. The van der Waals surface area contributed by atoms with Gasteiger partial charge < -0.3 is 30.4 Å². The molecule has 0 fully saturated rings. The number of carbonyl (C=O) groups excluding carboxylic acids is 2. The van der Waals surface area contributed by atoms with Crippen molar-refractivity contribution in [3.63, 3.8) is 0 Å². The van der Waals surface area contributed by atoms with Crippen LogP contribution in [0.1, 0.15) is 37.0 Å². The SMILES string of the molecule is CC(C)[C@H](NC(=O)c1ccc2ccccc2c1)C1=NOC(COc2ccccc2)(C(=O)N[C@@H](CC(=O)O)/C(O)=C/[N+]#N)C1. The molecule has 3 aromatic carbocycles. The van der Waals surface area contributed by atoms with Crippen LogP contribution in [-0.4, -0.2) is 58.0 Å². The number of hydrogen-bond acceptors (Lipinski definition) is 8. The van der Waals surface area contributed by atoms with Crippen LogP contribution in [0.5, 0.6) is 5.75 Å². The Morgan fingerprint density at radius 2 is 1.74 bits per heavy atom. The highest BCUT2D eigenvalue weighted by atomic mass is 16.7. The van der Waals surface area contributed by atoms with Crippen LogP contribution in [0.25, 0.3) is 15.7 Å². The van der Waals surface area contributed by atoms with E-state index in [1.165, 1.54) is 0 Å². The van der Waals surface area contributed by atoms with E-state index in [9.17, 15) is 24.6 Å². The number of para-hydroxylation sites is 1. The number of aliphatic hydroxyl groups is 1. The lowest BCUT2D eigenvalue weighted by atomic mass is 9.89. The van der Waals surface area contributed by atoms with Crippen molar-refractivity contribution in [1.29, 1.82) is 5.39 Å². The maximum Gasteiger partial charge on any atom is 0.389 e. The smallest absolute Gasteiger partial charge is 0.389 e. The second-order valence-electron chi connectivity index (χ2n) is 10.5. The lowest BCUT2D eigenvalue weighted by Gasteiger charge is -2.28. The average Bonchev–Trinajstić information content (AvgIpc) is 3.43. The third-order valence-electron chi connectivity index (χ3n) is 6.99. The first-order chi connectivity index (χ1) is 20.6. The molecule has 2 amide bonds. The summed E-state index contributed by atoms with van der Waals surface area (Å²) in [7, 11) is 0. The molecule has 3 aromatic rings. The molecule has 1 heterocycles. The molecule has 0 saturated heterocycles. The number of carboxylic acids is 1. The third-order valence-corrected chi connectivity index (χ3v) is 6.99. The van der Waals surface area contributed by atoms with Gasteiger partial charge in [-0.2, -0.15) is 0 Å². The zero-order chi connectivity index (χ0) is 31.0. The summed E-state index contributed by atoms with van der Waals surface area (Å²) in [5.41, 5.74) is -0.955. The summed E-state index contributed by atoms with van der Waals surface area (Å²) in [6.07, 6.45) is -0.194. The topological polar surface area (TPSA) is 175 Å². The lowest BCUT2D eigenvalue weighted by molar-refractivity contribution is -0.149. The Bertz CT molecular complexity index is 1600. The van der Waals surface area contributed by atoms with Crippen molar-refractivity contribution in [3.8, 4) is 5.75 Å². The molecule has 222 valence electrons. The minimum absolute atomic E-state index is 0.110. The van der Waals surface area contributed by atoms with E-state index < -0.39 is 41.7 Å². The molecule has 12 heteroatoms. The van der Waals surface area contributed by atoms with E-state index in [-0.39, 0.29) is 24.9 Å². The highest BCUT2D eigenvalue weighted by Crippen LogP contribution is 2.30. The number of hydrogen-bond donors (Lipinski definition) is 4. The molecule has 0 bridgehead atoms. The van der Waals surface area contributed by atoms with Gasteiger partial charge in [-0.25, -0.2) is 0 Å². The van der Waals surface area contributed by atoms with E-state index in [0.717, 1.165) is 10.8 Å². The predicted molar refractivity (Wildman–Crippen MR) is 158 cm³/mol. The molecule has 1 aliphatic rings. The zero-order valence-electron chi connectivity index (χ0n) is 23.6. The Morgan fingerprint density at radius 3 is 2.42 bits per heavy atom. The van der Waals surface area contributed by atoms with Crippen LogP contribution in [-0.2, 0) is 14.4 Å². The third kappa shape index (κ3) is 7.45. The molecule has 0 radical (unpaired) electrons. The van der Waals surface area contributed by atoms with Gasteiger partial charge in [-0.15, -0.1) is 0 Å². The number of nitrogens with one attached hydrogen (secondary N) is 2. The van der Waals surface area contributed by atoms with E-state index >= 15 is 0 Å². The number of carbonyl (C=O) groups is 3. The number of oxime groups is 1. The average molecular weight is 587 g/mol. The largest absolute Gasteiger partial charge is 0.504 e. The summed E-state index contributed by atoms with van der Waals surface area (Å²) in [6.45, 7) is 3.45. The molecule has 4 rings (SSSR count). The molecule has 0 saturated carbocycles. The van der Waals surface area contributed by atoms with E-state index in [4.69, 9.17) is 15.0 Å². The van der Waals surface area contributed by atoms with E-state index in [2.05, 4.69) is 20.8 Å². The Balaban J connectivity index is 1.58. The Labute approximate surface area is 247 Å². The van der Waals surface area contributed by atoms with E-state index in [1.807, 2.05) is 44.2 Å². The molecule has 0 aliphatic carbocycles. The van der Waals surface area contributed by atoms with Crippen molar-refractivity contribution >= 4 is 34.3 Å². The summed E-state index contributed by atoms with van der Waals surface area (Å²) >= 11 is 0. The van der Waals surface area contributed by atoms with Gasteiger partial charge >= 0.3 is 12.2 Å². The summed E-state index contributed by atoms with van der Waals surface area (Å²) in [4.78, 5) is 46.9. The van der Waals surface area contributed by atoms with Crippen LogP contribution >= 0.6 is 0 Å². The number of amides is 2. The fourth-order valence-electron chi connectivity index (χ4n) is 4.68. The minimum atomic E-state index is -1.78. The highest BCUT2D eigenvalue weighted by Gasteiger charge is 2.50. The number of diazo groups is 1. The van der Waals surface area contributed by atoms with Crippen molar-refractivity contribution in [1.82, 2.24) is 10.6 Å². The van der Waals surface area contributed by atoms with Crippen LogP contribution in [0, 0.1) is 11.3 Å². The van der Waals surface area contributed by atoms with Crippen molar-refractivity contribution in [3.05, 3.63) is 95.3 Å². The normalized spacial score (nSPS) is 17.7. The minimum Gasteiger partial charge on any atom is -0.504 e. The molecule has 1 aliphatic heterocycles. The molecular formula is C31H32N5O7+. The van der Waals surface area contributed by atoms with Crippen molar-refractivity contribution < 1.29 is 34.2 Å². The first-order valence-corrected chi connectivity index (χ1v) is 13.6. The van der Waals surface area contributed by atoms with Gasteiger partial charge in [0, 0.05) is 12.0 Å². The molecular weight excluding hydrogens is 554 g/mol. The van der Waals surface area contributed by atoms with Crippen molar-refractivity contribution in [2.75, 3.05) is 6.61 Å². The lowest BCUT2D eigenvalue weighted by Crippen LogP contribution is -2.55. The van der Waals surface area contributed by atoms with Crippen molar-refractivity contribution in [2.45, 2.75) is 44.4 Å². The highest BCUT2D eigenvalue weighted by molar-refractivity contribution is 6.04. The number of fused-ring (bicyclic) bond motifs is 1. The molecule has 4 N–H and O–H groups in total. The second-order valence-corrected chi connectivity index (χ2v) is 10.5. The number of carboxylic acid groups (broad SMARTS) is 1. The first kappa shape index (κ1) is 30.5. The maximum absolute atomic E-state index is 13.7. The Kier molecular flexibility index (Phi) is 9.57. The molecule has 43 heavy (non-hydrogen) atoms. The fourth-order valence-corrected chi connectivity index (χ4v) is 4.68. The van der Waals surface area contributed by atoms with Crippen LogP contribution in [0.3, 0.4) is 0 Å². The van der Waals surface area contributed by atoms with Crippen LogP contribution < -0.4 is 15.4 Å². The number of ether oxygens (including phenoxy) is 1. The molecule has 3 atom stereocenters. The predicted octanol–water partition coefficient (Wildman–Crippen LogP) is 4.40. The van der Waals surface area contributed by atoms with E-state index in [0.29, 0.717) is 23.2 Å². The number of aliphatic carboxylic acids is 1. The summed E-state index contributed by atoms with van der Waals surface area (Å²) in [5.74, 6) is -2.87.